The van der Waals surface area contributed by atoms with Gasteiger partial charge in [-0.05, 0) is 42.5 Å². The van der Waals surface area contributed by atoms with Crippen molar-refractivity contribution >= 4 is 22.6 Å². The zero-order chi connectivity index (χ0) is 24.0. The molecule has 2 aromatic heterocycles. The van der Waals surface area contributed by atoms with Crippen molar-refractivity contribution in [3.05, 3.63) is 72.3 Å². The molecule has 1 amide bonds. The van der Waals surface area contributed by atoms with Gasteiger partial charge in [-0.15, -0.1) is 0 Å². The van der Waals surface area contributed by atoms with E-state index in [-0.39, 0.29) is 23.5 Å². The fraction of sp³-hybridized carbons (Fsp3) is 0.321. The third kappa shape index (κ3) is 2.43. The molecule has 1 fully saturated rings. The smallest absolute Gasteiger partial charge is 0.237 e. The molecule has 3 aliphatic rings. The lowest BCUT2D eigenvalue weighted by Crippen LogP contribution is -2.48. The Morgan fingerprint density at radius 2 is 1.57 bits per heavy atom. The molecular weight excluding hydrogens is 440 g/mol. The largest absolute Gasteiger partial charge is 0.454 e. The van der Waals surface area contributed by atoms with E-state index in [1.807, 2.05) is 65.5 Å². The van der Waals surface area contributed by atoms with Crippen LogP contribution in [0.15, 0.2) is 60.9 Å². The number of ether oxygens (including phenoxy) is 2. The van der Waals surface area contributed by atoms with Gasteiger partial charge in [-0.25, -0.2) is 9.97 Å². The van der Waals surface area contributed by atoms with E-state index in [1.54, 1.807) is 0 Å². The van der Waals surface area contributed by atoms with Crippen molar-refractivity contribution in [3.8, 4) is 17.2 Å². The standard InChI is InChI=1S/C28H26N4O3/c1-26(2)27(3)10-11-28(26,25(33)31-17-8-4-5-9-20(17)32-12-6-7-13-32)24-23(27)29-18-14-21-22(35-16-34-21)15-19(18)30-24/h4-9,12-15H,10-11,16H2,1-3H3,(H,31,33). The van der Waals surface area contributed by atoms with Crippen LogP contribution in [0.25, 0.3) is 16.7 Å². The Kier molecular flexibility index (Phi) is 3.88. The van der Waals surface area contributed by atoms with Crippen molar-refractivity contribution in [1.29, 1.82) is 0 Å². The average molecular weight is 467 g/mol. The van der Waals surface area contributed by atoms with Crippen molar-refractivity contribution in [1.82, 2.24) is 14.5 Å². The first-order valence-corrected chi connectivity index (χ1v) is 12.0. The molecule has 176 valence electrons. The maximum Gasteiger partial charge on any atom is 0.237 e. The normalized spacial score (nSPS) is 25.1. The summed E-state index contributed by atoms with van der Waals surface area (Å²) in [5.41, 5.74) is 3.48. The van der Waals surface area contributed by atoms with Crippen LogP contribution in [0.3, 0.4) is 0 Å². The van der Waals surface area contributed by atoms with Gasteiger partial charge in [0.05, 0.1) is 39.2 Å². The molecule has 7 nitrogen and oxygen atoms in total. The van der Waals surface area contributed by atoms with Gasteiger partial charge in [-0.1, -0.05) is 32.9 Å². The van der Waals surface area contributed by atoms with Gasteiger partial charge in [0.25, 0.3) is 0 Å². The van der Waals surface area contributed by atoms with E-state index in [1.165, 1.54) is 0 Å². The number of nitrogens with zero attached hydrogens (tertiary/aromatic N) is 3. The molecule has 0 spiro atoms. The summed E-state index contributed by atoms with van der Waals surface area (Å²) in [4.78, 5) is 24.5. The predicted molar refractivity (Wildman–Crippen MR) is 132 cm³/mol. The molecule has 0 saturated heterocycles. The Labute approximate surface area is 203 Å². The van der Waals surface area contributed by atoms with Gasteiger partial charge >= 0.3 is 0 Å². The van der Waals surface area contributed by atoms with Crippen molar-refractivity contribution in [2.24, 2.45) is 5.41 Å². The number of fused-ring (bicyclic) bond motifs is 7. The van der Waals surface area contributed by atoms with Crippen LogP contribution in [0.1, 0.15) is 45.0 Å². The van der Waals surface area contributed by atoms with Crippen LogP contribution in [-0.2, 0) is 15.6 Å². The number of carbonyl (C=O) groups is 1. The molecule has 2 aliphatic carbocycles. The SMILES string of the molecule is CC12CCC(C(=O)Nc3ccccc3-n3cccc3)(c3nc4cc5c(cc4nc31)OCO5)C2(C)C. The molecule has 7 rings (SSSR count). The fourth-order valence-electron chi connectivity index (χ4n) is 6.52. The molecule has 1 aliphatic heterocycles. The first kappa shape index (κ1) is 20.5. The number of amides is 1. The highest BCUT2D eigenvalue weighted by Gasteiger charge is 2.73. The predicted octanol–water partition coefficient (Wildman–Crippen LogP) is 5.12. The van der Waals surface area contributed by atoms with Gasteiger partial charge in [0.2, 0.25) is 12.7 Å². The first-order chi connectivity index (χ1) is 16.8. The molecule has 1 N–H and O–H groups in total. The van der Waals surface area contributed by atoms with E-state index < -0.39 is 5.41 Å². The third-order valence-electron chi connectivity index (χ3n) is 8.95. The molecule has 2 unspecified atom stereocenters. The summed E-state index contributed by atoms with van der Waals surface area (Å²) in [6.45, 7) is 6.81. The molecular formula is C28H26N4O3. The Hall–Kier alpha value is -3.87. The summed E-state index contributed by atoms with van der Waals surface area (Å²) in [5.74, 6) is 1.33. The first-order valence-electron chi connectivity index (χ1n) is 12.0. The Balaban J connectivity index is 1.38. The lowest BCUT2D eigenvalue weighted by molar-refractivity contribution is -0.125. The minimum Gasteiger partial charge on any atom is -0.454 e. The second-order valence-electron chi connectivity index (χ2n) is 10.5. The van der Waals surface area contributed by atoms with Crippen LogP contribution >= 0.6 is 0 Å². The highest BCUT2D eigenvalue weighted by Crippen LogP contribution is 2.70. The van der Waals surface area contributed by atoms with Crippen molar-refractivity contribution in [2.75, 3.05) is 12.1 Å². The minimum absolute atomic E-state index is 0.0287. The molecule has 7 heteroatoms. The third-order valence-corrected chi connectivity index (χ3v) is 8.95. The number of aromatic nitrogens is 3. The van der Waals surface area contributed by atoms with Gasteiger partial charge in [-0.3, -0.25) is 4.79 Å². The Morgan fingerprint density at radius 3 is 2.29 bits per heavy atom. The Bertz CT molecular complexity index is 1530. The summed E-state index contributed by atoms with van der Waals surface area (Å²) in [5, 5.41) is 3.29. The van der Waals surface area contributed by atoms with Crippen LogP contribution in [0.4, 0.5) is 5.69 Å². The zero-order valence-electron chi connectivity index (χ0n) is 20.0. The number of nitrogens with one attached hydrogen (secondary N) is 1. The van der Waals surface area contributed by atoms with Crippen LogP contribution in [0.2, 0.25) is 0 Å². The van der Waals surface area contributed by atoms with Crippen LogP contribution < -0.4 is 14.8 Å². The quantitative estimate of drug-likeness (QED) is 0.454. The van der Waals surface area contributed by atoms with E-state index in [0.29, 0.717) is 11.5 Å². The lowest BCUT2D eigenvalue weighted by Gasteiger charge is -2.39. The van der Waals surface area contributed by atoms with E-state index in [0.717, 1.165) is 46.6 Å². The molecule has 4 aromatic rings. The number of carbonyl (C=O) groups excluding carboxylic acids is 1. The number of rotatable bonds is 3. The van der Waals surface area contributed by atoms with E-state index in [9.17, 15) is 4.79 Å². The van der Waals surface area contributed by atoms with Gasteiger partial charge in [0.1, 0.15) is 0 Å². The number of hydrogen-bond acceptors (Lipinski definition) is 5. The molecule has 35 heavy (non-hydrogen) atoms. The van der Waals surface area contributed by atoms with Gasteiger partial charge in [-0.2, -0.15) is 0 Å². The highest BCUT2D eigenvalue weighted by atomic mass is 16.7. The Morgan fingerprint density at radius 1 is 0.914 bits per heavy atom. The molecule has 2 aromatic carbocycles. The number of benzene rings is 2. The second kappa shape index (κ2) is 6.62. The summed E-state index contributed by atoms with van der Waals surface area (Å²) >= 11 is 0. The molecule has 3 heterocycles. The summed E-state index contributed by atoms with van der Waals surface area (Å²) in [7, 11) is 0. The summed E-state index contributed by atoms with van der Waals surface area (Å²) in [6.07, 6.45) is 5.56. The maximum atomic E-state index is 14.3. The van der Waals surface area contributed by atoms with Gasteiger partial charge < -0.3 is 19.4 Å². The van der Waals surface area contributed by atoms with E-state index in [2.05, 4.69) is 26.1 Å². The van der Waals surface area contributed by atoms with Crippen LogP contribution in [-0.4, -0.2) is 27.2 Å². The number of anilines is 1. The molecule has 2 atom stereocenters. The topological polar surface area (TPSA) is 78.3 Å². The second-order valence-corrected chi connectivity index (χ2v) is 10.5. The average Bonchev–Trinajstić information content (AvgIpc) is 3.59. The molecule has 1 saturated carbocycles. The van der Waals surface area contributed by atoms with E-state index in [4.69, 9.17) is 19.4 Å². The maximum absolute atomic E-state index is 14.3. The van der Waals surface area contributed by atoms with Crippen molar-refractivity contribution < 1.29 is 14.3 Å². The van der Waals surface area contributed by atoms with Gasteiger partial charge in [0.15, 0.2) is 11.5 Å². The van der Waals surface area contributed by atoms with E-state index >= 15 is 0 Å². The highest BCUT2D eigenvalue weighted by molar-refractivity contribution is 6.03. The molecule has 2 bridgehead atoms. The van der Waals surface area contributed by atoms with Crippen molar-refractivity contribution in [2.45, 2.75) is 44.4 Å². The van der Waals surface area contributed by atoms with Crippen LogP contribution in [0.5, 0.6) is 11.5 Å². The lowest BCUT2D eigenvalue weighted by atomic mass is 9.63. The fourth-order valence-corrected chi connectivity index (χ4v) is 6.52. The number of para-hydroxylation sites is 2. The van der Waals surface area contributed by atoms with Crippen molar-refractivity contribution in [3.63, 3.8) is 0 Å². The van der Waals surface area contributed by atoms with Crippen LogP contribution in [0, 0.1) is 5.41 Å². The zero-order valence-corrected chi connectivity index (χ0v) is 20.0. The summed E-state index contributed by atoms with van der Waals surface area (Å²) < 4.78 is 13.2. The summed E-state index contributed by atoms with van der Waals surface area (Å²) in [6, 6.07) is 15.6. The monoisotopic (exact) mass is 466 g/mol. The van der Waals surface area contributed by atoms with Gasteiger partial charge in [0, 0.05) is 29.9 Å². The number of hydrogen-bond donors (Lipinski definition) is 1. The molecule has 0 radical (unpaired) electrons. The minimum atomic E-state index is -0.793.